The highest BCUT2D eigenvalue weighted by Gasteiger charge is 2.31. The van der Waals surface area contributed by atoms with Crippen LogP contribution < -0.4 is 4.72 Å². The molecule has 0 radical (unpaired) electrons. The zero-order chi connectivity index (χ0) is 15.7. The molecule has 1 N–H and O–H groups in total. The summed E-state index contributed by atoms with van der Waals surface area (Å²) >= 11 is 3.63. The minimum atomic E-state index is -3.53. The van der Waals surface area contributed by atoms with E-state index in [1.165, 1.54) is 5.56 Å². The van der Waals surface area contributed by atoms with Crippen LogP contribution in [0.4, 0.5) is 0 Å². The molecule has 2 aromatic rings. The van der Waals surface area contributed by atoms with Crippen molar-refractivity contribution in [3.8, 4) is 0 Å². The summed E-state index contributed by atoms with van der Waals surface area (Å²) in [4.78, 5) is 0.406. The molecular weight excluding hydrogens is 362 g/mol. The molecule has 0 saturated carbocycles. The highest BCUT2D eigenvalue weighted by Crippen LogP contribution is 2.35. The maximum Gasteiger partial charge on any atom is 0.241 e. The van der Waals surface area contributed by atoms with Crippen LogP contribution >= 0.6 is 15.9 Å². The second-order valence-corrected chi connectivity index (χ2v) is 8.56. The Hall–Kier alpha value is -1.17. The third kappa shape index (κ3) is 3.12. The molecule has 3 nitrogen and oxygen atoms in total. The van der Waals surface area contributed by atoms with Gasteiger partial charge in [0.05, 0.1) is 10.9 Å². The van der Waals surface area contributed by atoms with Gasteiger partial charge in [-0.2, -0.15) is 0 Å². The Morgan fingerprint density at radius 3 is 2.50 bits per heavy atom. The van der Waals surface area contributed by atoms with Crippen molar-refractivity contribution in [2.75, 3.05) is 0 Å². The Bertz CT molecular complexity index is 772. The van der Waals surface area contributed by atoms with Gasteiger partial charge >= 0.3 is 0 Å². The quantitative estimate of drug-likeness (QED) is 0.825. The molecule has 0 bridgehead atoms. The molecule has 116 valence electrons. The highest BCUT2D eigenvalue weighted by atomic mass is 79.9. The molecule has 5 heteroatoms. The van der Waals surface area contributed by atoms with Crippen LogP contribution in [-0.4, -0.2) is 13.2 Å². The zero-order valence-electron chi connectivity index (χ0n) is 12.3. The van der Waals surface area contributed by atoms with Crippen LogP contribution in [0.25, 0.3) is 0 Å². The third-order valence-corrected chi connectivity index (χ3v) is 6.50. The van der Waals surface area contributed by atoms with Gasteiger partial charge in [-0.05, 0) is 43.0 Å². The predicted molar refractivity (Wildman–Crippen MR) is 91.7 cm³/mol. The van der Waals surface area contributed by atoms with Crippen molar-refractivity contribution in [2.24, 2.45) is 0 Å². The Balaban J connectivity index is 1.93. The van der Waals surface area contributed by atoms with E-state index in [4.69, 9.17) is 0 Å². The first-order chi connectivity index (χ1) is 10.5. The van der Waals surface area contributed by atoms with E-state index in [9.17, 15) is 8.42 Å². The van der Waals surface area contributed by atoms with Gasteiger partial charge in [0.15, 0.2) is 0 Å². The molecule has 22 heavy (non-hydrogen) atoms. The third-order valence-electron chi connectivity index (χ3n) is 4.05. The van der Waals surface area contributed by atoms with E-state index >= 15 is 0 Å². The lowest BCUT2D eigenvalue weighted by molar-refractivity contribution is 0.521. The standard InChI is InChI=1S/C17H18BrNO2S/c1-12-6-9-14(10-7-12)22(20,21)19-17-15-5-3-2-4-13(15)8-11-16(17)18/h2-7,9-10,16-17,19H,8,11H2,1H3/t16-,17-/m1/s1. The van der Waals surface area contributed by atoms with Crippen LogP contribution in [0.15, 0.2) is 53.4 Å². The monoisotopic (exact) mass is 379 g/mol. The largest absolute Gasteiger partial charge is 0.241 e. The van der Waals surface area contributed by atoms with Gasteiger partial charge in [-0.25, -0.2) is 13.1 Å². The van der Waals surface area contributed by atoms with Gasteiger partial charge in [-0.3, -0.25) is 0 Å². The lowest BCUT2D eigenvalue weighted by Crippen LogP contribution is -2.36. The fraction of sp³-hybridized carbons (Fsp3) is 0.294. The fourth-order valence-electron chi connectivity index (χ4n) is 2.81. The van der Waals surface area contributed by atoms with E-state index < -0.39 is 10.0 Å². The summed E-state index contributed by atoms with van der Waals surface area (Å²) in [6.45, 7) is 1.94. The van der Waals surface area contributed by atoms with Crippen molar-refractivity contribution >= 4 is 26.0 Å². The maximum absolute atomic E-state index is 12.6. The van der Waals surface area contributed by atoms with E-state index in [2.05, 4.69) is 26.7 Å². The summed E-state index contributed by atoms with van der Waals surface area (Å²) in [7, 11) is -3.53. The van der Waals surface area contributed by atoms with Crippen LogP contribution in [0.3, 0.4) is 0 Å². The van der Waals surface area contributed by atoms with Crippen molar-refractivity contribution in [1.29, 1.82) is 0 Å². The Labute approximate surface area is 139 Å². The molecule has 0 amide bonds. The van der Waals surface area contributed by atoms with E-state index in [0.717, 1.165) is 24.0 Å². The number of alkyl halides is 1. The zero-order valence-corrected chi connectivity index (χ0v) is 14.7. The minimum absolute atomic E-state index is 0.0997. The van der Waals surface area contributed by atoms with Gasteiger partial charge in [-0.1, -0.05) is 57.9 Å². The number of nitrogens with one attached hydrogen (secondary N) is 1. The molecule has 2 atom stereocenters. The number of hydrogen-bond donors (Lipinski definition) is 1. The summed E-state index contributed by atoms with van der Waals surface area (Å²) in [5, 5.41) is 0. The maximum atomic E-state index is 12.6. The molecule has 0 fully saturated rings. The van der Waals surface area contributed by atoms with Crippen LogP contribution in [0.2, 0.25) is 0 Å². The average Bonchev–Trinajstić information content (AvgIpc) is 2.50. The topological polar surface area (TPSA) is 46.2 Å². The van der Waals surface area contributed by atoms with Crippen molar-refractivity contribution in [3.63, 3.8) is 0 Å². The number of benzene rings is 2. The number of halogens is 1. The van der Waals surface area contributed by atoms with Gasteiger partial charge in [0.25, 0.3) is 0 Å². The number of fused-ring (bicyclic) bond motifs is 1. The first-order valence-corrected chi connectivity index (χ1v) is 9.68. The van der Waals surface area contributed by atoms with E-state index in [0.29, 0.717) is 4.90 Å². The second kappa shape index (κ2) is 6.14. The van der Waals surface area contributed by atoms with Crippen molar-refractivity contribution in [2.45, 2.75) is 35.5 Å². The van der Waals surface area contributed by atoms with Gasteiger partial charge in [0, 0.05) is 4.83 Å². The number of rotatable bonds is 3. The van der Waals surface area contributed by atoms with E-state index in [1.807, 2.05) is 37.3 Å². The highest BCUT2D eigenvalue weighted by molar-refractivity contribution is 9.09. The molecule has 1 aliphatic carbocycles. The number of aryl methyl sites for hydroxylation is 2. The fourth-order valence-corrected chi connectivity index (χ4v) is 4.89. The van der Waals surface area contributed by atoms with Gasteiger partial charge in [0.2, 0.25) is 10.0 Å². The lowest BCUT2D eigenvalue weighted by atomic mass is 9.88. The minimum Gasteiger partial charge on any atom is -0.207 e. The summed E-state index contributed by atoms with van der Waals surface area (Å²) in [5.41, 5.74) is 3.32. The van der Waals surface area contributed by atoms with Crippen molar-refractivity contribution in [3.05, 3.63) is 65.2 Å². The molecule has 0 aliphatic heterocycles. The Morgan fingerprint density at radius 2 is 1.77 bits per heavy atom. The molecule has 3 rings (SSSR count). The smallest absolute Gasteiger partial charge is 0.207 e. The van der Waals surface area contributed by atoms with Crippen molar-refractivity contribution in [1.82, 2.24) is 4.72 Å². The molecule has 0 spiro atoms. The SMILES string of the molecule is Cc1ccc(S(=O)(=O)N[C@@H]2c3ccccc3CC[C@H]2Br)cc1. The van der Waals surface area contributed by atoms with Gasteiger partial charge < -0.3 is 0 Å². The first-order valence-electron chi connectivity index (χ1n) is 7.28. The van der Waals surface area contributed by atoms with Gasteiger partial charge in [-0.15, -0.1) is 0 Å². The second-order valence-electron chi connectivity index (χ2n) is 5.67. The summed E-state index contributed by atoms with van der Waals surface area (Å²) in [6, 6.07) is 14.7. The normalized spacial score (nSPS) is 21.4. The molecule has 0 aromatic heterocycles. The Kier molecular flexibility index (Phi) is 4.39. The molecule has 0 unspecified atom stereocenters. The van der Waals surface area contributed by atoms with Crippen LogP contribution in [0.1, 0.15) is 29.2 Å². The molecule has 1 aliphatic rings. The predicted octanol–water partition coefficient (Wildman–Crippen LogP) is 3.72. The van der Waals surface area contributed by atoms with Crippen LogP contribution in [-0.2, 0) is 16.4 Å². The molecule has 2 aromatic carbocycles. The summed E-state index contributed by atoms with van der Waals surface area (Å²) in [5.74, 6) is 0. The average molecular weight is 380 g/mol. The lowest BCUT2D eigenvalue weighted by Gasteiger charge is -2.30. The molecule has 0 saturated heterocycles. The summed E-state index contributed by atoms with van der Waals surface area (Å²) < 4.78 is 28.1. The Morgan fingerprint density at radius 1 is 1.09 bits per heavy atom. The van der Waals surface area contributed by atoms with Crippen LogP contribution in [0, 0.1) is 6.92 Å². The molecular formula is C17H18BrNO2S. The van der Waals surface area contributed by atoms with E-state index in [-0.39, 0.29) is 10.9 Å². The summed E-state index contributed by atoms with van der Waals surface area (Å²) in [6.07, 6.45) is 1.88. The van der Waals surface area contributed by atoms with Crippen molar-refractivity contribution < 1.29 is 8.42 Å². The first kappa shape index (κ1) is 15.7. The van der Waals surface area contributed by atoms with E-state index in [1.54, 1.807) is 12.1 Å². The molecule has 0 heterocycles. The number of hydrogen-bond acceptors (Lipinski definition) is 2. The van der Waals surface area contributed by atoms with Gasteiger partial charge in [0.1, 0.15) is 0 Å². The van der Waals surface area contributed by atoms with Crippen LogP contribution in [0.5, 0.6) is 0 Å². The number of sulfonamides is 1.